The summed E-state index contributed by atoms with van der Waals surface area (Å²) in [6.07, 6.45) is 3.83. The summed E-state index contributed by atoms with van der Waals surface area (Å²) in [5, 5.41) is -0.323. The number of sulfonamides is 1. The van der Waals surface area contributed by atoms with Crippen molar-refractivity contribution in [2.24, 2.45) is 0 Å². The molecule has 2 saturated heterocycles. The fraction of sp³-hybridized carbons (Fsp3) is 1.00. The molecule has 4 nitrogen and oxygen atoms in total. The highest BCUT2D eigenvalue weighted by molar-refractivity contribution is 7.90. The molecule has 2 rings (SSSR count). The summed E-state index contributed by atoms with van der Waals surface area (Å²) >= 11 is 0. The largest absolute Gasteiger partial charge is 0.374 e. The summed E-state index contributed by atoms with van der Waals surface area (Å²) in [6, 6.07) is 0. The Kier molecular flexibility index (Phi) is 2.33. The third kappa shape index (κ3) is 1.60. The summed E-state index contributed by atoms with van der Waals surface area (Å²) in [5.41, 5.74) is 0. The number of nitrogens with one attached hydrogen (secondary N) is 1. The van der Waals surface area contributed by atoms with Gasteiger partial charge in [0.05, 0.1) is 12.2 Å². The molecular formula is C8H15NO3S. The molecule has 2 heterocycles. The number of ether oxygens (including phenoxy) is 1. The quantitative estimate of drug-likeness (QED) is 0.703. The summed E-state index contributed by atoms with van der Waals surface area (Å²) in [7, 11) is -1.66. The molecule has 0 saturated carbocycles. The predicted octanol–water partition coefficient (Wildman–Crippen LogP) is 0.246. The molecule has 0 spiro atoms. The Bertz CT molecular complexity index is 288. The monoisotopic (exact) mass is 205 g/mol. The van der Waals surface area contributed by atoms with Gasteiger partial charge in [0, 0.05) is 0 Å². The standard InChI is InChI=1S/C8H15NO3S/c1-9-13(10,11)8-5-3-6-2-4-7(8)12-6/h6-9H,2-5H2,1H3. The van der Waals surface area contributed by atoms with E-state index in [1.807, 2.05) is 0 Å². The van der Waals surface area contributed by atoms with Gasteiger partial charge in [0.15, 0.2) is 0 Å². The minimum atomic E-state index is -3.13. The molecule has 0 aromatic carbocycles. The van der Waals surface area contributed by atoms with Crippen molar-refractivity contribution < 1.29 is 13.2 Å². The second kappa shape index (κ2) is 3.22. The van der Waals surface area contributed by atoms with Gasteiger partial charge in [0.2, 0.25) is 10.0 Å². The first kappa shape index (κ1) is 9.43. The maximum Gasteiger partial charge on any atom is 0.216 e. The molecule has 0 aromatic heterocycles. The molecule has 0 aliphatic carbocycles. The number of hydrogen-bond donors (Lipinski definition) is 1. The van der Waals surface area contributed by atoms with Gasteiger partial charge in [0.1, 0.15) is 5.25 Å². The molecule has 76 valence electrons. The molecule has 0 radical (unpaired) electrons. The molecular weight excluding hydrogens is 190 g/mol. The lowest BCUT2D eigenvalue weighted by Gasteiger charge is -2.28. The van der Waals surface area contributed by atoms with Gasteiger partial charge in [-0.25, -0.2) is 13.1 Å². The fourth-order valence-corrected chi connectivity index (χ4v) is 3.61. The smallest absolute Gasteiger partial charge is 0.216 e. The Hall–Kier alpha value is -0.130. The Balaban J connectivity index is 2.16. The van der Waals surface area contributed by atoms with Crippen LogP contribution in [-0.4, -0.2) is 32.9 Å². The van der Waals surface area contributed by atoms with Gasteiger partial charge in [-0.1, -0.05) is 0 Å². The van der Waals surface area contributed by atoms with Crippen LogP contribution >= 0.6 is 0 Å². The normalized spacial score (nSPS) is 39.3. The first-order valence-electron chi connectivity index (χ1n) is 4.71. The lowest BCUT2D eigenvalue weighted by molar-refractivity contribution is 0.00822. The Morgan fingerprint density at radius 2 is 1.92 bits per heavy atom. The van der Waals surface area contributed by atoms with Crippen LogP contribution < -0.4 is 4.72 Å². The van der Waals surface area contributed by atoms with E-state index in [-0.39, 0.29) is 11.4 Å². The van der Waals surface area contributed by atoms with Crippen molar-refractivity contribution >= 4 is 10.0 Å². The molecule has 13 heavy (non-hydrogen) atoms. The number of rotatable bonds is 2. The van der Waals surface area contributed by atoms with E-state index in [4.69, 9.17) is 4.74 Å². The molecule has 3 unspecified atom stereocenters. The molecule has 0 aromatic rings. The minimum Gasteiger partial charge on any atom is -0.374 e. The highest BCUT2D eigenvalue weighted by atomic mass is 32.2. The molecule has 2 fully saturated rings. The van der Waals surface area contributed by atoms with Crippen LogP contribution in [0.3, 0.4) is 0 Å². The van der Waals surface area contributed by atoms with Crippen LogP contribution in [0.4, 0.5) is 0 Å². The SMILES string of the molecule is CNS(=O)(=O)C1CCC2CCC1O2. The van der Waals surface area contributed by atoms with Crippen LogP contribution in [0, 0.1) is 0 Å². The van der Waals surface area contributed by atoms with E-state index in [9.17, 15) is 8.42 Å². The lowest BCUT2D eigenvalue weighted by Crippen LogP contribution is -2.43. The second-order valence-corrected chi connectivity index (χ2v) is 5.84. The summed E-state index contributed by atoms with van der Waals surface area (Å²) in [5.74, 6) is 0. The van der Waals surface area contributed by atoms with Crippen LogP contribution in [0.5, 0.6) is 0 Å². The maximum atomic E-state index is 11.6. The van der Waals surface area contributed by atoms with Crippen LogP contribution in [0.2, 0.25) is 0 Å². The molecule has 1 N–H and O–H groups in total. The first-order valence-corrected chi connectivity index (χ1v) is 6.26. The van der Waals surface area contributed by atoms with Crippen molar-refractivity contribution in [1.29, 1.82) is 0 Å². The van der Waals surface area contributed by atoms with Gasteiger partial charge < -0.3 is 4.74 Å². The molecule has 2 aliphatic heterocycles. The van der Waals surface area contributed by atoms with E-state index in [1.165, 1.54) is 7.05 Å². The van der Waals surface area contributed by atoms with Crippen molar-refractivity contribution in [1.82, 2.24) is 4.72 Å². The zero-order valence-corrected chi connectivity index (χ0v) is 8.51. The van der Waals surface area contributed by atoms with Crippen LogP contribution in [-0.2, 0) is 14.8 Å². The van der Waals surface area contributed by atoms with E-state index in [1.54, 1.807) is 0 Å². The third-order valence-electron chi connectivity index (χ3n) is 3.01. The highest BCUT2D eigenvalue weighted by Gasteiger charge is 2.42. The fourth-order valence-electron chi connectivity index (χ4n) is 2.26. The van der Waals surface area contributed by atoms with Crippen LogP contribution in [0.25, 0.3) is 0 Å². The Morgan fingerprint density at radius 3 is 2.62 bits per heavy atom. The van der Waals surface area contributed by atoms with Crippen molar-refractivity contribution in [3.8, 4) is 0 Å². The highest BCUT2D eigenvalue weighted by Crippen LogP contribution is 2.35. The van der Waals surface area contributed by atoms with Gasteiger partial charge in [-0.2, -0.15) is 0 Å². The second-order valence-electron chi connectivity index (χ2n) is 3.74. The average molecular weight is 205 g/mol. The summed E-state index contributed by atoms with van der Waals surface area (Å²) in [4.78, 5) is 0. The summed E-state index contributed by atoms with van der Waals surface area (Å²) < 4.78 is 31.1. The zero-order valence-electron chi connectivity index (χ0n) is 7.69. The van der Waals surface area contributed by atoms with E-state index in [2.05, 4.69) is 4.72 Å². The molecule has 0 amide bonds. The van der Waals surface area contributed by atoms with E-state index in [0.717, 1.165) is 25.7 Å². The van der Waals surface area contributed by atoms with Gasteiger partial charge in [-0.3, -0.25) is 0 Å². The van der Waals surface area contributed by atoms with E-state index >= 15 is 0 Å². The molecule has 5 heteroatoms. The Morgan fingerprint density at radius 1 is 1.23 bits per heavy atom. The first-order chi connectivity index (χ1) is 6.13. The topological polar surface area (TPSA) is 55.4 Å². The van der Waals surface area contributed by atoms with Crippen LogP contribution in [0.15, 0.2) is 0 Å². The zero-order chi connectivity index (χ0) is 9.47. The average Bonchev–Trinajstić information content (AvgIpc) is 2.47. The van der Waals surface area contributed by atoms with Gasteiger partial charge in [-0.05, 0) is 32.7 Å². The van der Waals surface area contributed by atoms with E-state index < -0.39 is 10.0 Å². The Labute approximate surface area is 78.7 Å². The van der Waals surface area contributed by atoms with Crippen molar-refractivity contribution in [2.45, 2.75) is 43.1 Å². The minimum absolute atomic E-state index is 0.0591. The van der Waals surface area contributed by atoms with Crippen molar-refractivity contribution in [3.05, 3.63) is 0 Å². The molecule has 2 bridgehead atoms. The summed E-state index contributed by atoms with van der Waals surface area (Å²) in [6.45, 7) is 0. The lowest BCUT2D eigenvalue weighted by atomic mass is 10.1. The number of hydrogen-bond acceptors (Lipinski definition) is 3. The van der Waals surface area contributed by atoms with E-state index in [0.29, 0.717) is 6.10 Å². The van der Waals surface area contributed by atoms with Gasteiger partial charge in [0.25, 0.3) is 0 Å². The van der Waals surface area contributed by atoms with Crippen LogP contribution in [0.1, 0.15) is 25.7 Å². The maximum absolute atomic E-state index is 11.6. The van der Waals surface area contributed by atoms with Crippen molar-refractivity contribution in [3.63, 3.8) is 0 Å². The molecule has 3 atom stereocenters. The van der Waals surface area contributed by atoms with Gasteiger partial charge in [-0.15, -0.1) is 0 Å². The van der Waals surface area contributed by atoms with Crippen molar-refractivity contribution in [2.75, 3.05) is 7.05 Å². The molecule has 2 aliphatic rings. The number of fused-ring (bicyclic) bond motifs is 2. The third-order valence-corrected chi connectivity index (χ3v) is 4.92. The predicted molar refractivity (Wildman–Crippen MR) is 48.9 cm³/mol. The van der Waals surface area contributed by atoms with Gasteiger partial charge >= 0.3 is 0 Å².